The number of hydrogen-bond donors (Lipinski definition) is 1. The van der Waals surface area contributed by atoms with E-state index in [2.05, 4.69) is 29.4 Å². The van der Waals surface area contributed by atoms with E-state index in [0.29, 0.717) is 18.2 Å². The molecule has 26 heavy (non-hydrogen) atoms. The lowest BCUT2D eigenvalue weighted by molar-refractivity contribution is -0.384. The van der Waals surface area contributed by atoms with E-state index in [1.165, 1.54) is 35.4 Å². The Kier molecular flexibility index (Phi) is 5.60. The maximum atomic E-state index is 12.2. The average Bonchev–Trinajstić information content (AvgIpc) is 2.98. The molecule has 1 aliphatic heterocycles. The van der Waals surface area contributed by atoms with E-state index in [4.69, 9.17) is 11.6 Å². The SMILES string of the molecule is C[C@@H]1Cc2c(csc2Cl)[C@H](C)N1CCNC(=O)c1ccc([N+](=O)[O-])cc1. The lowest BCUT2D eigenvalue weighted by Crippen LogP contribution is -2.44. The highest BCUT2D eigenvalue weighted by Crippen LogP contribution is 2.39. The fourth-order valence-corrected chi connectivity index (χ4v) is 4.67. The van der Waals surface area contributed by atoms with Crippen molar-refractivity contribution in [2.24, 2.45) is 0 Å². The number of fused-ring (bicyclic) bond motifs is 1. The molecule has 2 heterocycles. The smallest absolute Gasteiger partial charge is 0.269 e. The minimum Gasteiger partial charge on any atom is -0.351 e. The molecular weight excluding hydrogens is 374 g/mol. The molecule has 1 amide bonds. The maximum Gasteiger partial charge on any atom is 0.269 e. The van der Waals surface area contributed by atoms with Crippen LogP contribution in [-0.4, -0.2) is 34.9 Å². The second-order valence-corrected chi connectivity index (χ2v) is 7.95. The van der Waals surface area contributed by atoms with Gasteiger partial charge in [-0.1, -0.05) is 11.6 Å². The summed E-state index contributed by atoms with van der Waals surface area (Å²) in [4.78, 5) is 24.8. The quantitative estimate of drug-likeness (QED) is 0.614. The molecule has 0 saturated heterocycles. The predicted octanol–water partition coefficient (Wildman–Crippen LogP) is 4.05. The molecule has 1 aromatic carbocycles. The van der Waals surface area contributed by atoms with Crippen molar-refractivity contribution in [1.82, 2.24) is 10.2 Å². The summed E-state index contributed by atoms with van der Waals surface area (Å²) in [5, 5.41) is 15.7. The van der Waals surface area contributed by atoms with Crippen LogP contribution in [0.3, 0.4) is 0 Å². The van der Waals surface area contributed by atoms with Crippen molar-refractivity contribution in [1.29, 1.82) is 0 Å². The van der Waals surface area contributed by atoms with E-state index in [0.717, 1.165) is 17.3 Å². The Bertz CT molecular complexity index is 822. The number of rotatable bonds is 5. The number of hydrogen-bond acceptors (Lipinski definition) is 5. The second-order valence-electron chi connectivity index (χ2n) is 6.47. The Labute approximate surface area is 160 Å². The number of nitrogens with one attached hydrogen (secondary N) is 1. The van der Waals surface area contributed by atoms with Gasteiger partial charge in [0.05, 0.1) is 9.26 Å². The van der Waals surface area contributed by atoms with Crippen molar-refractivity contribution >= 4 is 34.5 Å². The van der Waals surface area contributed by atoms with Crippen LogP contribution in [0, 0.1) is 10.1 Å². The van der Waals surface area contributed by atoms with E-state index in [1.54, 1.807) is 11.3 Å². The van der Waals surface area contributed by atoms with Crippen molar-refractivity contribution in [2.75, 3.05) is 13.1 Å². The molecule has 3 rings (SSSR count). The normalized spacial score (nSPS) is 19.8. The molecule has 0 fully saturated rings. The van der Waals surface area contributed by atoms with E-state index in [-0.39, 0.29) is 17.6 Å². The molecule has 2 atom stereocenters. The molecule has 0 bridgehead atoms. The lowest BCUT2D eigenvalue weighted by Gasteiger charge is -2.39. The summed E-state index contributed by atoms with van der Waals surface area (Å²) >= 11 is 7.86. The number of benzene rings is 1. The fraction of sp³-hybridized carbons (Fsp3) is 0.389. The molecule has 0 saturated carbocycles. The number of nitrogens with zero attached hydrogens (tertiary/aromatic N) is 2. The number of nitro groups is 1. The summed E-state index contributed by atoms with van der Waals surface area (Å²) in [7, 11) is 0. The molecule has 0 unspecified atom stereocenters. The topological polar surface area (TPSA) is 75.5 Å². The van der Waals surface area contributed by atoms with Gasteiger partial charge in [0, 0.05) is 42.9 Å². The molecule has 0 aliphatic carbocycles. The molecule has 2 aromatic rings. The number of carbonyl (C=O) groups is 1. The Morgan fingerprint density at radius 1 is 1.38 bits per heavy atom. The number of amides is 1. The summed E-state index contributed by atoms with van der Waals surface area (Å²) in [6, 6.07) is 6.23. The minimum atomic E-state index is -0.480. The largest absolute Gasteiger partial charge is 0.351 e. The highest BCUT2D eigenvalue weighted by Gasteiger charge is 2.31. The van der Waals surface area contributed by atoms with Crippen molar-refractivity contribution in [2.45, 2.75) is 32.4 Å². The van der Waals surface area contributed by atoms with Gasteiger partial charge in [-0.15, -0.1) is 11.3 Å². The van der Waals surface area contributed by atoms with E-state index in [1.807, 2.05) is 0 Å². The third-order valence-corrected chi connectivity index (χ3v) is 6.20. The first-order chi connectivity index (χ1) is 12.4. The van der Waals surface area contributed by atoms with Crippen LogP contribution in [-0.2, 0) is 6.42 Å². The number of carbonyl (C=O) groups excluding carboxylic acids is 1. The van der Waals surface area contributed by atoms with Gasteiger partial charge < -0.3 is 5.32 Å². The standard InChI is InChI=1S/C18H20ClN3O3S/c1-11-9-15-16(10-26-17(15)19)12(2)21(11)8-7-20-18(23)13-3-5-14(6-4-13)22(24)25/h3-6,10-12H,7-9H2,1-2H3,(H,20,23)/t11-,12+/m1/s1. The van der Waals surface area contributed by atoms with Gasteiger partial charge >= 0.3 is 0 Å². The van der Waals surface area contributed by atoms with E-state index < -0.39 is 4.92 Å². The zero-order chi connectivity index (χ0) is 18.8. The molecule has 1 N–H and O–H groups in total. The maximum absolute atomic E-state index is 12.2. The van der Waals surface area contributed by atoms with Gasteiger partial charge in [0.1, 0.15) is 0 Å². The van der Waals surface area contributed by atoms with Crippen LogP contribution < -0.4 is 5.32 Å². The van der Waals surface area contributed by atoms with Gasteiger partial charge in [-0.05, 0) is 48.9 Å². The van der Waals surface area contributed by atoms with Crippen LogP contribution in [0.2, 0.25) is 4.34 Å². The van der Waals surface area contributed by atoms with Crippen molar-refractivity contribution in [3.8, 4) is 0 Å². The van der Waals surface area contributed by atoms with Gasteiger partial charge in [-0.25, -0.2) is 0 Å². The third-order valence-electron chi connectivity index (χ3n) is 4.88. The molecular formula is C18H20ClN3O3S. The summed E-state index contributed by atoms with van der Waals surface area (Å²) in [5.41, 5.74) is 2.92. The van der Waals surface area contributed by atoms with Crippen LogP contribution in [0.15, 0.2) is 29.6 Å². The monoisotopic (exact) mass is 393 g/mol. The first-order valence-corrected chi connectivity index (χ1v) is 9.68. The van der Waals surface area contributed by atoms with Crippen LogP contribution in [0.1, 0.15) is 41.4 Å². The van der Waals surface area contributed by atoms with E-state index in [9.17, 15) is 14.9 Å². The first kappa shape index (κ1) is 18.8. The summed E-state index contributed by atoms with van der Waals surface area (Å²) in [6.45, 7) is 5.58. The highest BCUT2D eigenvalue weighted by atomic mass is 35.5. The average molecular weight is 394 g/mol. The molecule has 0 spiro atoms. The van der Waals surface area contributed by atoms with Gasteiger partial charge in [-0.2, -0.15) is 0 Å². The second kappa shape index (κ2) is 7.73. The minimum absolute atomic E-state index is 0.0252. The van der Waals surface area contributed by atoms with Gasteiger partial charge in [-0.3, -0.25) is 19.8 Å². The predicted molar refractivity (Wildman–Crippen MR) is 103 cm³/mol. The van der Waals surface area contributed by atoms with Crippen LogP contribution in [0.25, 0.3) is 0 Å². The molecule has 1 aromatic heterocycles. The number of nitro benzene ring substituents is 1. The van der Waals surface area contributed by atoms with Crippen molar-refractivity contribution < 1.29 is 9.72 Å². The molecule has 0 radical (unpaired) electrons. The number of non-ortho nitro benzene ring substituents is 1. The van der Waals surface area contributed by atoms with Gasteiger partial charge in [0.25, 0.3) is 11.6 Å². The zero-order valence-corrected chi connectivity index (χ0v) is 16.1. The number of halogens is 1. The molecule has 138 valence electrons. The van der Waals surface area contributed by atoms with Gasteiger partial charge in [0.15, 0.2) is 0 Å². The molecule has 6 nitrogen and oxygen atoms in total. The Balaban J connectivity index is 1.57. The van der Waals surface area contributed by atoms with Crippen molar-refractivity contribution in [3.05, 3.63) is 60.8 Å². The fourth-order valence-electron chi connectivity index (χ4n) is 3.44. The summed E-state index contributed by atoms with van der Waals surface area (Å²) in [5.74, 6) is -0.225. The Hall–Kier alpha value is -1.96. The summed E-state index contributed by atoms with van der Waals surface area (Å²) < 4.78 is 0.879. The number of thiophene rings is 1. The van der Waals surface area contributed by atoms with E-state index >= 15 is 0 Å². The van der Waals surface area contributed by atoms with Crippen LogP contribution in [0.5, 0.6) is 0 Å². The Morgan fingerprint density at radius 3 is 2.73 bits per heavy atom. The van der Waals surface area contributed by atoms with Gasteiger partial charge in [0.2, 0.25) is 0 Å². The highest BCUT2D eigenvalue weighted by molar-refractivity contribution is 7.14. The van der Waals surface area contributed by atoms with Crippen molar-refractivity contribution in [3.63, 3.8) is 0 Å². The summed E-state index contributed by atoms with van der Waals surface area (Å²) in [6.07, 6.45) is 0.915. The van der Waals surface area contributed by atoms with Crippen LogP contribution in [0.4, 0.5) is 5.69 Å². The van der Waals surface area contributed by atoms with Crippen LogP contribution >= 0.6 is 22.9 Å². The first-order valence-electron chi connectivity index (χ1n) is 8.42. The lowest BCUT2D eigenvalue weighted by atomic mass is 9.93. The Morgan fingerprint density at radius 2 is 2.08 bits per heavy atom. The molecule has 8 heteroatoms. The molecule has 1 aliphatic rings. The zero-order valence-electron chi connectivity index (χ0n) is 14.6. The third kappa shape index (κ3) is 3.75.